The van der Waals surface area contributed by atoms with Crippen LogP contribution >= 0.6 is 0 Å². The third-order valence-corrected chi connectivity index (χ3v) is 7.01. The van der Waals surface area contributed by atoms with Gasteiger partial charge < -0.3 is 10.4 Å². The number of rotatable bonds is 6. The van der Waals surface area contributed by atoms with Gasteiger partial charge in [0.2, 0.25) is 5.91 Å². The summed E-state index contributed by atoms with van der Waals surface area (Å²) in [5, 5.41) is 22.8. The van der Waals surface area contributed by atoms with Crippen molar-refractivity contribution in [2.45, 2.75) is 11.8 Å². The Hall–Kier alpha value is -4.69. The molecule has 0 saturated heterocycles. The molecular weight excluding hydrogens is 448 g/mol. The van der Waals surface area contributed by atoms with E-state index in [0.29, 0.717) is 11.3 Å². The van der Waals surface area contributed by atoms with Crippen molar-refractivity contribution < 1.29 is 14.7 Å². The first kappa shape index (κ1) is 23.1. The SMILES string of the molecule is N#Cc1ccc(-c2ccccc2)cc1NC(=O)C1[C@H](c2ccccc2)C(C(=O)O)[C@H]1c1ccccc1. The molecule has 1 amide bonds. The van der Waals surface area contributed by atoms with Crippen molar-refractivity contribution in [3.63, 3.8) is 0 Å². The summed E-state index contributed by atoms with van der Waals surface area (Å²) in [7, 11) is 0. The number of carbonyl (C=O) groups excluding carboxylic acids is 1. The Morgan fingerprint density at radius 3 is 1.72 bits per heavy atom. The Morgan fingerprint density at radius 1 is 0.694 bits per heavy atom. The van der Waals surface area contributed by atoms with Crippen molar-refractivity contribution >= 4 is 17.6 Å². The maximum Gasteiger partial charge on any atom is 0.307 e. The van der Waals surface area contributed by atoms with Crippen LogP contribution in [0.1, 0.15) is 28.5 Å². The van der Waals surface area contributed by atoms with E-state index in [4.69, 9.17) is 0 Å². The number of nitriles is 1. The third-order valence-electron chi connectivity index (χ3n) is 7.01. The van der Waals surface area contributed by atoms with E-state index in [1.54, 1.807) is 12.1 Å². The van der Waals surface area contributed by atoms with E-state index in [1.165, 1.54) is 0 Å². The van der Waals surface area contributed by atoms with Crippen molar-refractivity contribution in [3.8, 4) is 17.2 Å². The van der Waals surface area contributed by atoms with Crippen LogP contribution in [0.2, 0.25) is 0 Å². The van der Waals surface area contributed by atoms with Crippen LogP contribution in [0.3, 0.4) is 0 Å². The second kappa shape index (κ2) is 9.89. The molecule has 1 aliphatic carbocycles. The van der Waals surface area contributed by atoms with Gasteiger partial charge in [0, 0.05) is 11.8 Å². The molecule has 176 valence electrons. The molecule has 0 radical (unpaired) electrons. The summed E-state index contributed by atoms with van der Waals surface area (Å²) in [4.78, 5) is 26.2. The average Bonchev–Trinajstić information content (AvgIpc) is 2.89. The molecule has 4 aromatic rings. The van der Waals surface area contributed by atoms with Crippen LogP contribution in [0.25, 0.3) is 11.1 Å². The Morgan fingerprint density at radius 2 is 1.22 bits per heavy atom. The zero-order valence-electron chi connectivity index (χ0n) is 19.4. The van der Waals surface area contributed by atoms with Gasteiger partial charge in [-0.1, -0.05) is 97.1 Å². The van der Waals surface area contributed by atoms with Crippen molar-refractivity contribution in [1.29, 1.82) is 5.26 Å². The third kappa shape index (κ3) is 4.25. The number of carboxylic acid groups (broad SMARTS) is 1. The second-order valence-corrected chi connectivity index (χ2v) is 8.99. The highest BCUT2D eigenvalue weighted by molar-refractivity contribution is 5.98. The largest absolute Gasteiger partial charge is 0.481 e. The Kier molecular flexibility index (Phi) is 6.34. The van der Waals surface area contributed by atoms with Crippen LogP contribution in [0.5, 0.6) is 0 Å². The van der Waals surface area contributed by atoms with Gasteiger partial charge in [0.1, 0.15) is 6.07 Å². The molecular formula is C31H24N2O3. The molecule has 0 heterocycles. The summed E-state index contributed by atoms with van der Waals surface area (Å²) >= 11 is 0. The standard InChI is InChI=1S/C31H24N2O3/c32-19-24-17-16-23(20-10-4-1-5-11-20)18-25(24)33-30(34)28-26(21-12-6-2-7-13-21)29(31(35)36)27(28)22-14-8-3-9-15-22/h1-18,26-29H,(H,33,34)(H,35,36)/t26-,27-,28?,29?/m0/s1. The van der Waals surface area contributed by atoms with Crippen LogP contribution in [0.15, 0.2) is 109 Å². The number of benzene rings is 4. The van der Waals surface area contributed by atoms with Crippen molar-refractivity contribution in [3.05, 3.63) is 126 Å². The number of nitrogens with zero attached hydrogens (tertiary/aromatic N) is 1. The molecule has 2 N–H and O–H groups in total. The van der Waals surface area contributed by atoms with Crippen molar-refractivity contribution in [1.82, 2.24) is 0 Å². The van der Waals surface area contributed by atoms with E-state index in [0.717, 1.165) is 22.3 Å². The van der Waals surface area contributed by atoms with E-state index in [9.17, 15) is 20.0 Å². The quantitative estimate of drug-likeness (QED) is 0.357. The lowest BCUT2D eigenvalue weighted by Gasteiger charge is -2.49. The van der Waals surface area contributed by atoms with Crippen LogP contribution in [-0.4, -0.2) is 17.0 Å². The van der Waals surface area contributed by atoms with Gasteiger partial charge in [0.25, 0.3) is 0 Å². The van der Waals surface area contributed by atoms with Gasteiger partial charge in [0.05, 0.1) is 23.1 Å². The molecule has 5 heteroatoms. The fraction of sp³-hybridized carbons (Fsp3) is 0.129. The van der Waals surface area contributed by atoms with E-state index in [-0.39, 0.29) is 5.91 Å². The topological polar surface area (TPSA) is 90.2 Å². The molecule has 0 bridgehead atoms. The molecule has 0 spiro atoms. The van der Waals surface area contributed by atoms with Gasteiger partial charge in [-0.25, -0.2) is 0 Å². The molecule has 2 atom stereocenters. The number of carbonyl (C=O) groups is 2. The predicted molar refractivity (Wildman–Crippen MR) is 138 cm³/mol. The minimum Gasteiger partial charge on any atom is -0.481 e. The number of hydrogen-bond acceptors (Lipinski definition) is 3. The summed E-state index contributed by atoms with van der Waals surface area (Å²) in [5.74, 6) is -3.55. The molecule has 1 fully saturated rings. The van der Waals surface area contributed by atoms with Crippen molar-refractivity contribution in [2.75, 3.05) is 5.32 Å². The summed E-state index contributed by atoms with van der Waals surface area (Å²) in [5.41, 5.74) is 4.25. The Balaban J connectivity index is 1.54. The molecule has 0 aliphatic heterocycles. The zero-order valence-corrected chi connectivity index (χ0v) is 19.4. The molecule has 1 aliphatic rings. The number of aliphatic carboxylic acids is 1. The van der Waals surface area contributed by atoms with Crippen LogP contribution in [0.4, 0.5) is 5.69 Å². The van der Waals surface area contributed by atoms with Crippen LogP contribution < -0.4 is 5.32 Å². The second-order valence-electron chi connectivity index (χ2n) is 8.99. The number of carboxylic acids is 1. The first-order valence-corrected chi connectivity index (χ1v) is 11.8. The van der Waals surface area contributed by atoms with Crippen LogP contribution in [0, 0.1) is 23.2 Å². The number of hydrogen-bond donors (Lipinski definition) is 2. The molecule has 0 unspecified atom stereocenters. The first-order chi connectivity index (χ1) is 17.6. The molecule has 36 heavy (non-hydrogen) atoms. The van der Waals surface area contributed by atoms with Gasteiger partial charge in [-0.15, -0.1) is 0 Å². The molecule has 0 aromatic heterocycles. The van der Waals surface area contributed by atoms with Crippen LogP contribution in [-0.2, 0) is 9.59 Å². The first-order valence-electron chi connectivity index (χ1n) is 11.8. The summed E-state index contributed by atoms with van der Waals surface area (Å²) < 4.78 is 0. The monoisotopic (exact) mass is 472 g/mol. The fourth-order valence-corrected chi connectivity index (χ4v) is 5.33. The number of nitrogens with one attached hydrogen (secondary N) is 1. The highest BCUT2D eigenvalue weighted by atomic mass is 16.4. The summed E-state index contributed by atoms with van der Waals surface area (Å²) in [6.07, 6.45) is 0. The smallest absolute Gasteiger partial charge is 0.307 e. The van der Waals surface area contributed by atoms with Gasteiger partial charge in [-0.3, -0.25) is 9.59 Å². The molecule has 5 nitrogen and oxygen atoms in total. The highest BCUT2D eigenvalue weighted by Crippen LogP contribution is 2.58. The summed E-state index contributed by atoms with van der Waals surface area (Å²) in [6, 6.07) is 35.9. The zero-order chi connectivity index (χ0) is 25.1. The van der Waals surface area contributed by atoms with E-state index in [2.05, 4.69) is 11.4 Å². The maximum atomic E-state index is 13.8. The van der Waals surface area contributed by atoms with E-state index in [1.807, 2.05) is 97.1 Å². The van der Waals surface area contributed by atoms with Gasteiger partial charge in [0.15, 0.2) is 0 Å². The molecule has 4 aromatic carbocycles. The Labute approximate surface area is 209 Å². The van der Waals surface area contributed by atoms with E-state index < -0.39 is 29.6 Å². The molecule has 5 rings (SSSR count). The molecule has 1 saturated carbocycles. The lowest BCUT2D eigenvalue weighted by atomic mass is 9.52. The minimum atomic E-state index is -0.925. The summed E-state index contributed by atoms with van der Waals surface area (Å²) in [6.45, 7) is 0. The Bertz CT molecular complexity index is 1380. The van der Waals surface area contributed by atoms with Gasteiger partial charge >= 0.3 is 5.97 Å². The highest BCUT2D eigenvalue weighted by Gasteiger charge is 2.58. The lowest BCUT2D eigenvalue weighted by Crippen LogP contribution is -2.52. The van der Waals surface area contributed by atoms with Crippen molar-refractivity contribution in [2.24, 2.45) is 11.8 Å². The fourth-order valence-electron chi connectivity index (χ4n) is 5.33. The minimum absolute atomic E-state index is 0.295. The predicted octanol–water partition coefficient (Wildman–Crippen LogP) is 6.06. The van der Waals surface area contributed by atoms with Gasteiger partial charge in [-0.2, -0.15) is 5.26 Å². The maximum absolute atomic E-state index is 13.8. The number of anilines is 1. The number of amides is 1. The normalized spacial score (nSPS) is 20.5. The average molecular weight is 473 g/mol. The van der Waals surface area contributed by atoms with E-state index >= 15 is 0 Å². The lowest BCUT2D eigenvalue weighted by molar-refractivity contribution is -0.152. The van der Waals surface area contributed by atoms with Gasteiger partial charge in [-0.05, 0) is 34.4 Å².